The van der Waals surface area contributed by atoms with Crippen molar-refractivity contribution in [2.75, 3.05) is 30.5 Å². The lowest BCUT2D eigenvalue weighted by molar-refractivity contribution is -0.137. The molecular weight excluding hydrogens is 537 g/mol. The topological polar surface area (TPSA) is 32.8 Å². The lowest BCUT2D eigenvalue weighted by Gasteiger charge is -2.36. The summed E-state index contributed by atoms with van der Waals surface area (Å²) in [5.41, 5.74) is 2.40. The van der Waals surface area contributed by atoms with Gasteiger partial charge in [-0.1, -0.05) is 72.3 Å². The van der Waals surface area contributed by atoms with Crippen molar-refractivity contribution in [3.05, 3.63) is 125 Å². The molecule has 0 unspecified atom stereocenters. The van der Waals surface area contributed by atoms with Gasteiger partial charge in [0.1, 0.15) is 11.8 Å². The van der Waals surface area contributed by atoms with Gasteiger partial charge in [0, 0.05) is 31.0 Å². The van der Waals surface area contributed by atoms with Crippen molar-refractivity contribution in [2.45, 2.75) is 25.1 Å². The Labute approximate surface area is 237 Å². The maximum absolute atomic E-state index is 14.2. The van der Waals surface area contributed by atoms with Gasteiger partial charge in [-0.25, -0.2) is 0 Å². The van der Waals surface area contributed by atoms with Crippen LogP contribution in [0.2, 0.25) is 5.02 Å². The van der Waals surface area contributed by atoms with E-state index in [4.69, 9.17) is 16.3 Å². The van der Waals surface area contributed by atoms with Gasteiger partial charge in [-0.2, -0.15) is 13.2 Å². The zero-order chi connectivity index (χ0) is 28.7. The third-order valence-electron chi connectivity index (χ3n) is 6.75. The molecule has 4 aromatic rings. The van der Waals surface area contributed by atoms with Crippen molar-refractivity contribution in [1.82, 2.24) is 0 Å². The number of benzene rings is 4. The third-order valence-corrected chi connectivity index (χ3v) is 7.06. The molecule has 1 atom stereocenters. The van der Waals surface area contributed by atoms with Gasteiger partial charge >= 0.3 is 6.18 Å². The predicted octanol–water partition coefficient (Wildman–Crippen LogP) is 8.21. The molecule has 0 saturated heterocycles. The number of ether oxygens (including phenoxy) is 1. The molecule has 1 amide bonds. The number of hydrogen-bond acceptors (Lipinski definition) is 3. The number of nitrogens with zero attached hydrogens (tertiary/aromatic N) is 2. The number of amides is 1. The number of carbonyl (C=O) groups excluding carboxylic acids is 1. The Morgan fingerprint density at radius 3 is 2.10 bits per heavy atom. The highest BCUT2D eigenvalue weighted by atomic mass is 35.5. The van der Waals surface area contributed by atoms with Crippen molar-refractivity contribution >= 4 is 28.9 Å². The Kier molecular flexibility index (Phi) is 9.38. The number of hydrogen-bond donors (Lipinski definition) is 0. The summed E-state index contributed by atoms with van der Waals surface area (Å²) >= 11 is 6.32. The molecule has 0 bridgehead atoms. The van der Waals surface area contributed by atoms with Gasteiger partial charge < -0.3 is 14.5 Å². The number of carbonyl (C=O) groups is 1. The van der Waals surface area contributed by atoms with E-state index in [1.54, 1.807) is 24.1 Å². The van der Waals surface area contributed by atoms with E-state index >= 15 is 0 Å². The van der Waals surface area contributed by atoms with Crippen LogP contribution in [-0.4, -0.2) is 26.6 Å². The number of para-hydroxylation sites is 1. The number of methoxy groups -OCH3 is 1. The van der Waals surface area contributed by atoms with E-state index in [1.807, 2.05) is 71.6 Å². The van der Waals surface area contributed by atoms with Crippen molar-refractivity contribution in [3.63, 3.8) is 0 Å². The first-order valence-electron chi connectivity index (χ1n) is 12.8. The first-order chi connectivity index (χ1) is 19.2. The normalized spacial score (nSPS) is 12.1. The highest BCUT2D eigenvalue weighted by Gasteiger charge is 2.32. The summed E-state index contributed by atoms with van der Waals surface area (Å²) < 4.78 is 44.5. The smallest absolute Gasteiger partial charge is 0.416 e. The van der Waals surface area contributed by atoms with Crippen LogP contribution in [0.4, 0.5) is 24.5 Å². The highest BCUT2D eigenvalue weighted by Crippen LogP contribution is 2.36. The van der Waals surface area contributed by atoms with E-state index in [1.165, 1.54) is 19.2 Å². The molecule has 0 radical (unpaired) electrons. The van der Waals surface area contributed by atoms with Crippen LogP contribution < -0.4 is 14.5 Å². The van der Waals surface area contributed by atoms with Crippen molar-refractivity contribution < 1.29 is 22.7 Å². The predicted molar refractivity (Wildman–Crippen MR) is 154 cm³/mol. The summed E-state index contributed by atoms with van der Waals surface area (Å²) in [7, 11) is 3.28. The van der Waals surface area contributed by atoms with E-state index in [-0.39, 0.29) is 5.91 Å². The summed E-state index contributed by atoms with van der Waals surface area (Å²) in [6.07, 6.45) is -3.26. The first-order valence-corrected chi connectivity index (χ1v) is 13.2. The standard InChI is InChI=1S/C32H30ClF3N2O2/c1-37(26-13-7-4-8-14-26)31(39)30(24-11-5-3-6-12-24)38(27-19-20-28(33)29(22-27)40-2)21-9-10-23-15-17-25(18-16-23)32(34,35)36/h3-8,11-20,22,30H,9-10,21H2,1-2H3/t30-/m0/s1. The molecule has 208 valence electrons. The minimum absolute atomic E-state index is 0.138. The second-order valence-corrected chi connectivity index (χ2v) is 9.76. The third kappa shape index (κ3) is 6.96. The van der Waals surface area contributed by atoms with E-state index in [2.05, 4.69) is 0 Å². The summed E-state index contributed by atoms with van der Waals surface area (Å²) in [5.74, 6) is 0.337. The van der Waals surface area contributed by atoms with Crippen LogP contribution in [0.15, 0.2) is 103 Å². The molecular formula is C32H30ClF3N2O2. The Hall–Kier alpha value is -3.97. The van der Waals surface area contributed by atoms with Gasteiger partial charge in [-0.05, 0) is 60.4 Å². The van der Waals surface area contributed by atoms with Gasteiger partial charge in [-0.3, -0.25) is 4.79 Å². The summed E-state index contributed by atoms with van der Waals surface area (Å²) in [5, 5.41) is 0.444. The van der Waals surface area contributed by atoms with Crippen molar-refractivity contribution in [3.8, 4) is 5.75 Å². The molecule has 40 heavy (non-hydrogen) atoms. The second kappa shape index (κ2) is 12.9. The van der Waals surface area contributed by atoms with E-state index in [0.717, 1.165) is 34.6 Å². The SMILES string of the molecule is COc1cc(N(CCCc2ccc(C(F)(F)F)cc2)[C@H](C(=O)N(C)c2ccccc2)c2ccccc2)ccc1Cl. The highest BCUT2D eigenvalue weighted by molar-refractivity contribution is 6.32. The Balaban J connectivity index is 1.69. The fraction of sp³-hybridized carbons (Fsp3) is 0.219. The van der Waals surface area contributed by atoms with Crippen LogP contribution in [-0.2, 0) is 17.4 Å². The van der Waals surface area contributed by atoms with Crippen molar-refractivity contribution in [1.29, 1.82) is 0 Å². The van der Waals surface area contributed by atoms with E-state index < -0.39 is 17.8 Å². The van der Waals surface area contributed by atoms with Crippen LogP contribution in [0.5, 0.6) is 5.75 Å². The van der Waals surface area contributed by atoms with Crippen LogP contribution in [0.3, 0.4) is 0 Å². The number of rotatable bonds is 10. The summed E-state index contributed by atoms with van der Waals surface area (Å²) in [6, 6.07) is 28.8. The van der Waals surface area contributed by atoms with Crippen LogP contribution in [0, 0.1) is 0 Å². The largest absolute Gasteiger partial charge is 0.495 e. The zero-order valence-corrected chi connectivity index (χ0v) is 23.0. The minimum atomic E-state index is -4.38. The Morgan fingerprint density at radius 2 is 1.50 bits per heavy atom. The maximum Gasteiger partial charge on any atom is 0.416 e. The lowest BCUT2D eigenvalue weighted by Crippen LogP contribution is -2.42. The molecule has 0 fully saturated rings. The molecule has 0 saturated carbocycles. The quantitative estimate of drug-likeness (QED) is 0.194. The van der Waals surface area contributed by atoms with Crippen LogP contribution in [0.25, 0.3) is 0 Å². The molecule has 0 heterocycles. The Morgan fingerprint density at radius 1 is 0.875 bits per heavy atom. The molecule has 0 aromatic heterocycles. The van der Waals surface area contributed by atoms with Gasteiger partial charge in [-0.15, -0.1) is 0 Å². The molecule has 0 aliphatic heterocycles. The maximum atomic E-state index is 14.2. The number of likely N-dealkylation sites (N-methyl/N-ethyl adjacent to an activating group) is 1. The van der Waals surface area contributed by atoms with Gasteiger partial charge in [0.25, 0.3) is 5.91 Å². The molecule has 4 aromatic carbocycles. The molecule has 0 aliphatic carbocycles. The van der Waals surface area contributed by atoms with Gasteiger partial charge in [0.05, 0.1) is 17.7 Å². The average Bonchev–Trinajstić information content (AvgIpc) is 2.97. The minimum Gasteiger partial charge on any atom is -0.495 e. The van der Waals surface area contributed by atoms with Crippen LogP contribution in [0.1, 0.15) is 29.2 Å². The van der Waals surface area contributed by atoms with Crippen molar-refractivity contribution in [2.24, 2.45) is 0 Å². The lowest BCUT2D eigenvalue weighted by atomic mass is 10.0. The number of alkyl halides is 3. The monoisotopic (exact) mass is 566 g/mol. The summed E-state index contributed by atoms with van der Waals surface area (Å²) in [6.45, 7) is 0.444. The zero-order valence-electron chi connectivity index (χ0n) is 22.2. The number of halogens is 4. The Bertz CT molecular complexity index is 1400. The van der Waals surface area contributed by atoms with E-state index in [9.17, 15) is 18.0 Å². The van der Waals surface area contributed by atoms with Crippen LogP contribution >= 0.6 is 11.6 Å². The molecule has 0 N–H and O–H groups in total. The molecule has 0 aliphatic rings. The summed E-state index contributed by atoms with van der Waals surface area (Å²) in [4.78, 5) is 17.8. The fourth-order valence-electron chi connectivity index (χ4n) is 4.60. The second-order valence-electron chi connectivity index (χ2n) is 9.36. The fourth-order valence-corrected chi connectivity index (χ4v) is 4.80. The van der Waals surface area contributed by atoms with Gasteiger partial charge in [0.15, 0.2) is 0 Å². The molecule has 8 heteroatoms. The molecule has 4 rings (SSSR count). The van der Waals surface area contributed by atoms with Gasteiger partial charge in [0.2, 0.25) is 0 Å². The first kappa shape index (κ1) is 29.0. The average molecular weight is 567 g/mol. The molecule has 4 nitrogen and oxygen atoms in total. The molecule has 0 spiro atoms. The number of anilines is 2. The van der Waals surface area contributed by atoms with E-state index in [0.29, 0.717) is 30.2 Å². The number of aryl methyl sites for hydroxylation is 1.